The largest absolute Gasteiger partial charge is 0.341 e. The molecule has 1 aromatic heterocycles. The SMILES string of the molecule is CC(N)Cc1cnc(N(C)C2CCCCC2C)nc1. The van der Waals surface area contributed by atoms with Gasteiger partial charge in [-0.25, -0.2) is 9.97 Å². The molecule has 4 nitrogen and oxygen atoms in total. The molecule has 0 bridgehead atoms. The van der Waals surface area contributed by atoms with Gasteiger partial charge in [-0.1, -0.05) is 19.8 Å². The molecule has 1 heterocycles. The topological polar surface area (TPSA) is 55.0 Å². The number of hydrogen-bond donors (Lipinski definition) is 1. The Morgan fingerprint density at radius 1 is 1.32 bits per heavy atom. The molecule has 3 unspecified atom stereocenters. The number of nitrogens with zero attached hydrogens (tertiary/aromatic N) is 3. The molecule has 0 aliphatic heterocycles. The van der Waals surface area contributed by atoms with Gasteiger partial charge in [0.15, 0.2) is 0 Å². The van der Waals surface area contributed by atoms with Crippen molar-refractivity contribution in [3.63, 3.8) is 0 Å². The molecule has 106 valence electrons. The number of nitrogens with two attached hydrogens (primary N) is 1. The third kappa shape index (κ3) is 3.66. The van der Waals surface area contributed by atoms with Crippen LogP contribution in [0, 0.1) is 5.92 Å². The highest BCUT2D eigenvalue weighted by atomic mass is 15.2. The smallest absolute Gasteiger partial charge is 0.225 e. The lowest BCUT2D eigenvalue weighted by Crippen LogP contribution is -2.39. The van der Waals surface area contributed by atoms with Crippen LogP contribution in [0.3, 0.4) is 0 Å². The summed E-state index contributed by atoms with van der Waals surface area (Å²) in [5, 5.41) is 0. The molecular formula is C15H26N4. The summed E-state index contributed by atoms with van der Waals surface area (Å²) in [4.78, 5) is 11.3. The van der Waals surface area contributed by atoms with Crippen LogP contribution >= 0.6 is 0 Å². The Bertz CT molecular complexity index is 388. The molecule has 4 heteroatoms. The van der Waals surface area contributed by atoms with Gasteiger partial charge in [0, 0.05) is 31.5 Å². The molecule has 0 aromatic carbocycles. The zero-order valence-corrected chi connectivity index (χ0v) is 12.3. The van der Waals surface area contributed by atoms with Gasteiger partial charge in [0.2, 0.25) is 5.95 Å². The van der Waals surface area contributed by atoms with E-state index in [1.165, 1.54) is 25.7 Å². The number of anilines is 1. The molecule has 0 spiro atoms. The van der Waals surface area contributed by atoms with E-state index in [1.807, 2.05) is 19.3 Å². The standard InChI is InChI=1S/C15H26N4/c1-11-6-4-5-7-14(11)19(3)15-17-9-13(10-18-15)8-12(2)16/h9-12,14H,4-8,16H2,1-3H3. The molecule has 1 saturated carbocycles. The van der Waals surface area contributed by atoms with Gasteiger partial charge in [0.05, 0.1) is 0 Å². The Morgan fingerprint density at radius 2 is 1.95 bits per heavy atom. The lowest BCUT2D eigenvalue weighted by atomic mass is 9.85. The predicted octanol–water partition coefficient (Wildman–Crippen LogP) is 2.38. The number of rotatable bonds is 4. The summed E-state index contributed by atoms with van der Waals surface area (Å²) in [7, 11) is 2.12. The molecule has 0 saturated heterocycles. The first kappa shape index (κ1) is 14.3. The first-order chi connectivity index (χ1) is 9.08. The minimum Gasteiger partial charge on any atom is -0.341 e. The van der Waals surface area contributed by atoms with E-state index in [1.54, 1.807) is 0 Å². The summed E-state index contributed by atoms with van der Waals surface area (Å²) < 4.78 is 0. The summed E-state index contributed by atoms with van der Waals surface area (Å²) in [5.74, 6) is 1.57. The van der Waals surface area contributed by atoms with Crippen LogP contribution < -0.4 is 10.6 Å². The van der Waals surface area contributed by atoms with E-state index < -0.39 is 0 Å². The highest BCUT2D eigenvalue weighted by molar-refractivity contribution is 5.31. The third-order valence-corrected chi connectivity index (χ3v) is 4.13. The van der Waals surface area contributed by atoms with Gasteiger partial charge in [0.25, 0.3) is 0 Å². The first-order valence-electron chi connectivity index (χ1n) is 7.37. The second-order valence-electron chi connectivity index (χ2n) is 6.01. The minimum atomic E-state index is 0.158. The Hall–Kier alpha value is -1.16. The summed E-state index contributed by atoms with van der Waals surface area (Å²) in [6.07, 6.45) is 9.91. The number of hydrogen-bond acceptors (Lipinski definition) is 4. The zero-order valence-electron chi connectivity index (χ0n) is 12.3. The molecule has 0 radical (unpaired) electrons. The van der Waals surface area contributed by atoms with Gasteiger partial charge in [-0.2, -0.15) is 0 Å². The van der Waals surface area contributed by atoms with Gasteiger partial charge < -0.3 is 10.6 Å². The minimum absolute atomic E-state index is 0.158. The molecular weight excluding hydrogens is 236 g/mol. The van der Waals surface area contributed by atoms with Gasteiger partial charge in [-0.15, -0.1) is 0 Å². The molecule has 19 heavy (non-hydrogen) atoms. The molecule has 2 rings (SSSR count). The van der Waals surface area contributed by atoms with Crippen molar-refractivity contribution in [2.24, 2.45) is 11.7 Å². The van der Waals surface area contributed by atoms with Crippen LogP contribution in [0.2, 0.25) is 0 Å². The zero-order chi connectivity index (χ0) is 13.8. The summed E-state index contributed by atoms with van der Waals surface area (Å²) >= 11 is 0. The van der Waals surface area contributed by atoms with E-state index in [9.17, 15) is 0 Å². The second-order valence-corrected chi connectivity index (χ2v) is 6.01. The Kier molecular flexibility index (Phi) is 4.75. The van der Waals surface area contributed by atoms with Crippen LogP contribution in [-0.2, 0) is 6.42 Å². The molecule has 1 aliphatic rings. The van der Waals surface area contributed by atoms with Crippen LogP contribution in [-0.4, -0.2) is 29.1 Å². The van der Waals surface area contributed by atoms with Crippen molar-refractivity contribution in [2.45, 2.75) is 58.0 Å². The molecule has 1 aromatic rings. The van der Waals surface area contributed by atoms with E-state index in [4.69, 9.17) is 5.73 Å². The Balaban J connectivity index is 2.04. The van der Waals surface area contributed by atoms with Gasteiger partial charge >= 0.3 is 0 Å². The van der Waals surface area contributed by atoms with Gasteiger partial charge in [-0.3, -0.25) is 0 Å². The highest BCUT2D eigenvalue weighted by Crippen LogP contribution is 2.28. The van der Waals surface area contributed by atoms with Crippen molar-refractivity contribution in [3.05, 3.63) is 18.0 Å². The Labute approximate surface area is 116 Å². The van der Waals surface area contributed by atoms with Crippen molar-refractivity contribution in [1.29, 1.82) is 0 Å². The summed E-state index contributed by atoms with van der Waals surface area (Å²) in [6.45, 7) is 4.34. The van der Waals surface area contributed by atoms with Crippen molar-refractivity contribution < 1.29 is 0 Å². The number of aromatic nitrogens is 2. The maximum Gasteiger partial charge on any atom is 0.225 e. The second kappa shape index (κ2) is 6.33. The summed E-state index contributed by atoms with van der Waals surface area (Å²) in [6, 6.07) is 0.735. The fourth-order valence-electron chi connectivity index (χ4n) is 3.03. The van der Waals surface area contributed by atoms with Crippen LogP contribution in [0.25, 0.3) is 0 Å². The molecule has 1 fully saturated rings. The average Bonchev–Trinajstić information content (AvgIpc) is 2.39. The third-order valence-electron chi connectivity index (χ3n) is 4.13. The van der Waals surface area contributed by atoms with E-state index in [0.29, 0.717) is 6.04 Å². The van der Waals surface area contributed by atoms with Crippen LogP contribution in [0.4, 0.5) is 5.95 Å². The fraction of sp³-hybridized carbons (Fsp3) is 0.733. The predicted molar refractivity (Wildman–Crippen MR) is 79.2 cm³/mol. The fourth-order valence-corrected chi connectivity index (χ4v) is 3.03. The molecule has 3 atom stereocenters. The van der Waals surface area contributed by atoms with E-state index in [-0.39, 0.29) is 6.04 Å². The van der Waals surface area contributed by atoms with Crippen molar-refractivity contribution in [1.82, 2.24) is 9.97 Å². The van der Waals surface area contributed by atoms with Crippen LogP contribution in [0.15, 0.2) is 12.4 Å². The van der Waals surface area contributed by atoms with Crippen molar-refractivity contribution in [3.8, 4) is 0 Å². The monoisotopic (exact) mass is 262 g/mol. The van der Waals surface area contributed by atoms with Gasteiger partial charge in [-0.05, 0) is 37.7 Å². The molecule has 1 aliphatic carbocycles. The lowest BCUT2D eigenvalue weighted by Gasteiger charge is -2.36. The molecule has 2 N–H and O–H groups in total. The lowest BCUT2D eigenvalue weighted by molar-refractivity contribution is 0.319. The maximum absolute atomic E-state index is 5.79. The van der Waals surface area contributed by atoms with Crippen molar-refractivity contribution >= 4 is 5.95 Å². The quantitative estimate of drug-likeness (QED) is 0.905. The van der Waals surface area contributed by atoms with E-state index in [0.717, 1.165) is 23.9 Å². The van der Waals surface area contributed by atoms with Crippen molar-refractivity contribution in [2.75, 3.05) is 11.9 Å². The average molecular weight is 262 g/mol. The van der Waals surface area contributed by atoms with Gasteiger partial charge in [0.1, 0.15) is 0 Å². The highest BCUT2D eigenvalue weighted by Gasteiger charge is 2.26. The molecule has 0 amide bonds. The Morgan fingerprint density at radius 3 is 2.53 bits per heavy atom. The van der Waals surface area contributed by atoms with Crippen LogP contribution in [0.1, 0.15) is 45.1 Å². The normalized spacial score (nSPS) is 25.1. The first-order valence-corrected chi connectivity index (χ1v) is 7.37. The maximum atomic E-state index is 5.79. The van der Waals surface area contributed by atoms with E-state index in [2.05, 4.69) is 28.8 Å². The summed E-state index contributed by atoms with van der Waals surface area (Å²) in [5.41, 5.74) is 6.91. The van der Waals surface area contributed by atoms with E-state index >= 15 is 0 Å². The van der Waals surface area contributed by atoms with Crippen LogP contribution in [0.5, 0.6) is 0 Å².